The Balaban J connectivity index is 2.12. The first kappa shape index (κ1) is 13.6. The molecule has 5 heteroatoms. The molecule has 0 spiro atoms. The standard InChI is InChI=1S/C11H20N2O2S/c1-9(2)11-13-8-10(16-11)7-12-3-5-15-6-4-14/h8-9,12,14H,3-7H2,1-2H3. The van der Waals surface area contributed by atoms with Crippen molar-refractivity contribution in [2.45, 2.75) is 26.3 Å². The number of rotatable bonds is 8. The van der Waals surface area contributed by atoms with E-state index >= 15 is 0 Å². The van der Waals surface area contributed by atoms with Crippen molar-refractivity contribution in [1.82, 2.24) is 10.3 Å². The molecule has 0 aliphatic rings. The predicted molar refractivity (Wildman–Crippen MR) is 65.8 cm³/mol. The van der Waals surface area contributed by atoms with Crippen molar-refractivity contribution in [3.05, 3.63) is 16.1 Å². The Morgan fingerprint density at radius 3 is 2.94 bits per heavy atom. The second-order valence-corrected chi connectivity index (χ2v) is 4.98. The SMILES string of the molecule is CC(C)c1ncc(CNCCOCCO)s1. The highest BCUT2D eigenvalue weighted by atomic mass is 32.1. The molecule has 0 bridgehead atoms. The van der Waals surface area contributed by atoms with E-state index in [0.717, 1.165) is 13.1 Å². The minimum Gasteiger partial charge on any atom is -0.394 e. The van der Waals surface area contributed by atoms with Gasteiger partial charge in [-0.1, -0.05) is 13.8 Å². The van der Waals surface area contributed by atoms with E-state index in [9.17, 15) is 0 Å². The molecule has 1 rings (SSSR count). The smallest absolute Gasteiger partial charge is 0.0953 e. The number of thiazole rings is 1. The number of aliphatic hydroxyl groups is 1. The summed E-state index contributed by atoms with van der Waals surface area (Å²) in [6, 6.07) is 0. The fourth-order valence-electron chi connectivity index (χ4n) is 1.19. The second-order valence-electron chi connectivity index (χ2n) is 3.83. The van der Waals surface area contributed by atoms with Crippen LogP contribution in [0.25, 0.3) is 0 Å². The van der Waals surface area contributed by atoms with Crippen LogP contribution in [0.3, 0.4) is 0 Å². The zero-order chi connectivity index (χ0) is 11.8. The molecule has 1 aromatic rings. The van der Waals surface area contributed by atoms with E-state index in [1.54, 1.807) is 11.3 Å². The van der Waals surface area contributed by atoms with Crippen molar-refractivity contribution in [2.75, 3.05) is 26.4 Å². The van der Waals surface area contributed by atoms with Gasteiger partial charge in [-0.2, -0.15) is 0 Å². The lowest BCUT2D eigenvalue weighted by atomic mass is 10.2. The van der Waals surface area contributed by atoms with Gasteiger partial charge in [0.1, 0.15) is 0 Å². The first-order valence-electron chi connectivity index (χ1n) is 5.58. The van der Waals surface area contributed by atoms with Gasteiger partial charge in [0, 0.05) is 30.1 Å². The highest BCUT2D eigenvalue weighted by molar-refractivity contribution is 7.11. The number of nitrogens with zero attached hydrogens (tertiary/aromatic N) is 1. The Morgan fingerprint density at radius 1 is 1.50 bits per heavy atom. The average Bonchev–Trinajstić information content (AvgIpc) is 2.72. The van der Waals surface area contributed by atoms with Crippen LogP contribution in [-0.2, 0) is 11.3 Å². The van der Waals surface area contributed by atoms with Gasteiger partial charge in [-0.3, -0.25) is 0 Å². The molecule has 0 saturated carbocycles. The second kappa shape index (κ2) is 7.73. The molecule has 0 fully saturated rings. The minimum absolute atomic E-state index is 0.0899. The number of aliphatic hydroxyl groups excluding tert-OH is 1. The van der Waals surface area contributed by atoms with Gasteiger partial charge in [-0.25, -0.2) is 4.98 Å². The van der Waals surface area contributed by atoms with Crippen molar-refractivity contribution < 1.29 is 9.84 Å². The Kier molecular flexibility index (Phi) is 6.56. The zero-order valence-electron chi connectivity index (χ0n) is 9.90. The minimum atomic E-state index is 0.0899. The summed E-state index contributed by atoms with van der Waals surface area (Å²) in [5, 5.41) is 13.0. The molecule has 1 heterocycles. The highest BCUT2D eigenvalue weighted by Crippen LogP contribution is 2.20. The van der Waals surface area contributed by atoms with Gasteiger partial charge in [0.15, 0.2) is 0 Å². The third-order valence-electron chi connectivity index (χ3n) is 2.02. The van der Waals surface area contributed by atoms with E-state index in [1.165, 1.54) is 9.88 Å². The first-order valence-corrected chi connectivity index (χ1v) is 6.39. The monoisotopic (exact) mass is 244 g/mol. The van der Waals surface area contributed by atoms with Crippen LogP contribution in [0, 0.1) is 0 Å². The molecule has 0 radical (unpaired) electrons. The van der Waals surface area contributed by atoms with Crippen LogP contribution in [0.2, 0.25) is 0 Å². The van der Waals surface area contributed by atoms with Gasteiger partial charge >= 0.3 is 0 Å². The summed E-state index contributed by atoms with van der Waals surface area (Å²) < 4.78 is 5.14. The van der Waals surface area contributed by atoms with E-state index in [1.807, 2.05) is 6.20 Å². The molecule has 0 amide bonds. The quantitative estimate of drug-likeness (QED) is 0.678. The lowest BCUT2D eigenvalue weighted by molar-refractivity contribution is 0.0938. The van der Waals surface area contributed by atoms with Gasteiger partial charge in [-0.05, 0) is 0 Å². The normalized spacial score (nSPS) is 11.2. The highest BCUT2D eigenvalue weighted by Gasteiger charge is 2.04. The van der Waals surface area contributed by atoms with Crippen molar-refractivity contribution in [3.63, 3.8) is 0 Å². The van der Waals surface area contributed by atoms with E-state index in [2.05, 4.69) is 24.1 Å². The molecule has 1 aromatic heterocycles. The lowest BCUT2D eigenvalue weighted by Gasteiger charge is -2.03. The number of hydrogen-bond acceptors (Lipinski definition) is 5. The van der Waals surface area contributed by atoms with Crippen molar-refractivity contribution in [3.8, 4) is 0 Å². The molecule has 92 valence electrons. The van der Waals surface area contributed by atoms with E-state index in [-0.39, 0.29) is 6.61 Å². The topological polar surface area (TPSA) is 54.4 Å². The number of nitrogens with one attached hydrogen (secondary N) is 1. The van der Waals surface area contributed by atoms with Crippen molar-refractivity contribution in [1.29, 1.82) is 0 Å². The third-order valence-corrected chi connectivity index (χ3v) is 3.32. The van der Waals surface area contributed by atoms with Crippen LogP contribution in [0.1, 0.15) is 29.7 Å². The fraction of sp³-hybridized carbons (Fsp3) is 0.727. The molecule has 0 unspecified atom stereocenters. The van der Waals surface area contributed by atoms with Crippen molar-refractivity contribution >= 4 is 11.3 Å². The molecule has 0 aliphatic heterocycles. The van der Waals surface area contributed by atoms with Gasteiger partial charge in [0.25, 0.3) is 0 Å². The van der Waals surface area contributed by atoms with Crippen molar-refractivity contribution in [2.24, 2.45) is 0 Å². The molecule has 0 aromatic carbocycles. The molecular formula is C11H20N2O2S. The van der Waals surface area contributed by atoms with Gasteiger partial charge < -0.3 is 15.2 Å². The maximum atomic E-state index is 8.50. The molecule has 2 N–H and O–H groups in total. The van der Waals surface area contributed by atoms with Crippen LogP contribution in [0.15, 0.2) is 6.20 Å². The van der Waals surface area contributed by atoms with Crippen LogP contribution < -0.4 is 5.32 Å². The van der Waals surface area contributed by atoms with E-state index < -0.39 is 0 Å². The summed E-state index contributed by atoms with van der Waals surface area (Å²) in [5.74, 6) is 0.506. The summed E-state index contributed by atoms with van der Waals surface area (Å²) >= 11 is 1.75. The molecule has 4 nitrogen and oxygen atoms in total. The van der Waals surface area contributed by atoms with Gasteiger partial charge in [0.05, 0.1) is 24.8 Å². The molecule has 0 aliphatic carbocycles. The van der Waals surface area contributed by atoms with E-state index in [4.69, 9.17) is 9.84 Å². The van der Waals surface area contributed by atoms with Gasteiger partial charge in [0.2, 0.25) is 0 Å². The largest absolute Gasteiger partial charge is 0.394 e. The first-order chi connectivity index (χ1) is 7.74. The maximum absolute atomic E-state index is 8.50. The fourth-order valence-corrected chi connectivity index (χ4v) is 2.08. The van der Waals surface area contributed by atoms with Gasteiger partial charge in [-0.15, -0.1) is 11.3 Å². The third kappa shape index (κ3) is 5.03. The van der Waals surface area contributed by atoms with Crippen LogP contribution in [0.5, 0.6) is 0 Å². The van der Waals surface area contributed by atoms with Crippen LogP contribution >= 0.6 is 11.3 Å². The van der Waals surface area contributed by atoms with Crippen LogP contribution in [-0.4, -0.2) is 36.5 Å². The molecular weight excluding hydrogens is 224 g/mol. The summed E-state index contributed by atoms with van der Waals surface area (Å²) in [6.45, 7) is 7.09. The maximum Gasteiger partial charge on any atom is 0.0953 e. The number of hydrogen-bond donors (Lipinski definition) is 2. The average molecular weight is 244 g/mol. The predicted octanol–water partition coefficient (Wildman–Crippen LogP) is 1.36. The Hall–Kier alpha value is -0.490. The number of ether oxygens (including phenoxy) is 1. The Bertz CT molecular complexity index is 289. The zero-order valence-corrected chi connectivity index (χ0v) is 10.7. The molecule has 0 saturated heterocycles. The summed E-state index contributed by atoms with van der Waals surface area (Å²) in [7, 11) is 0. The van der Waals surface area contributed by atoms with Crippen LogP contribution in [0.4, 0.5) is 0 Å². The summed E-state index contributed by atoms with van der Waals surface area (Å²) in [4.78, 5) is 5.61. The Morgan fingerprint density at radius 2 is 2.31 bits per heavy atom. The summed E-state index contributed by atoms with van der Waals surface area (Å²) in [6.07, 6.45) is 1.93. The molecule has 16 heavy (non-hydrogen) atoms. The van der Waals surface area contributed by atoms with E-state index in [0.29, 0.717) is 19.1 Å². The lowest BCUT2D eigenvalue weighted by Crippen LogP contribution is -2.19. The Labute approximate surface area is 101 Å². The number of aromatic nitrogens is 1. The summed E-state index contributed by atoms with van der Waals surface area (Å²) in [5.41, 5.74) is 0. The molecule has 0 atom stereocenters.